The molecule has 0 radical (unpaired) electrons. The summed E-state index contributed by atoms with van der Waals surface area (Å²) in [5.74, 6) is 0.272. The highest BCUT2D eigenvalue weighted by atomic mass is 16.1. The van der Waals surface area contributed by atoms with Crippen LogP contribution in [-0.2, 0) is 4.79 Å². The minimum absolute atomic E-state index is 0.122. The van der Waals surface area contributed by atoms with Crippen LogP contribution < -0.4 is 5.32 Å². The van der Waals surface area contributed by atoms with Crippen LogP contribution >= 0.6 is 0 Å². The Labute approximate surface area is 83.1 Å². The van der Waals surface area contributed by atoms with Gasteiger partial charge in [-0.2, -0.15) is 0 Å². The van der Waals surface area contributed by atoms with Crippen LogP contribution in [0.5, 0.6) is 0 Å². The highest BCUT2D eigenvalue weighted by Crippen LogP contribution is 1.89. The van der Waals surface area contributed by atoms with E-state index in [-0.39, 0.29) is 11.8 Å². The van der Waals surface area contributed by atoms with Crippen LogP contribution in [0, 0.1) is 5.92 Å². The van der Waals surface area contributed by atoms with E-state index >= 15 is 0 Å². The predicted octanol–water partition coefficient (Wildman–Crippen LogP) is 2.98. The fraction of sp³-hybridized carbons (Fsp3) is 0.909. The standard InChI is InChI=1S/C7H15NO.C4H10/c1-4-5-8-7(9)6(2)3;1-3-4-2/h6H,4-5H2,1-3H3,(H,8,9);3-4H2,1-2H3. The van der Waals surface area contributed by atoms with Gasteiger partial charge in [0.25, 0.3) is 0 Å². The number of hydrogen-bond acceptors (Lipinski definition) is 1. The van der Waals surface area contributed by atoms with Crippen LogP contribution in [0.3, 0.4) is 0 Å². The number of unbranched alkanes of at least 4 members (excludes halogenated alkanes) is 1. The summed E-state index contributed by atoms with van der Waals surface area (Å²) in [7, 11) is 0. The maximum atomic E-state index is 10.8. The van der Waals surface area contributed by atoms with Crippen LogP contribution in [0.15, 0.2) is 0 Å². The van der Waals surface area contributed by atoms with E-state index in [1.165, 1.54) is 12.8 Å². The summed E-state index contributed by atoms with van der Waals surface area (Å²) in [6.07, 6.45) is 3.65. The van der Waals surface area contributed by atoms with Crippen LogP contribution in [0.25, 0.3) is 0 Å². The Bertz CT molecular complexity index is 109. The van der Waals surface area contributed by atoms with Gasteiger partial charge in [0.15, 0.2) is 0 Å². The van der Waals surface area contributed by atoms with Gasteiger partial charge in [-0.25, -0.2) is 0 Å². The van der Waals surface area contributed by atoms with E-state index in [9.17, 15) is 4.79 Å². The molecule has 0 fully saturated rings. The summed E-state index contributed by atoms with van der Waals surface area (Å²) in [5.41, 5.74) is 0. The molecule has 0 saturated heterocycles. The van der Waals surface area contributed by atoms with Crippen molar-refractivity contribution < 1.29 is 4.79 Å². The molecule has 2 heteroatoms. The van der Waals surface area contributed by atoms with Gasteiger partial charge in [0.05, 0.1) is 0 Å². The molecule has 0 bridgehead atoms. The van der Waals surface area contributed by atoms with Gasteiger partial charge in [-0.15, -0.1) is 0 Å². The SMILES string of the molecule is CCCC.CCCNC(=O)C(C)C. The Morgan fingerprint density at radius 2 is 1.54 bits per heavy atom. The molecule has 0 aromatic carbocycles. The van der Waals surface area contributed by atoms with Crippen LogP contribution in [0.2, 0.25) is 0 Å². The van der Waals surface area contributed by atoms with Crippen molar-refractivity contribution in [3.63, 3.8) is 0 Å². The van der Waals surface area contributed by atoms with Crippen LogP contribution in [0.1, 0.15) is 53.9 Å². The average molecular weight is 187 g/mol. The van der Waals surface area contributed by atoms with Gasteiger partial charge in [-0.1, -0.05) is 47.5 Å². The average Bonchev–Trinajstić information content (AvgIpc) is 2.14. The number of rotatable bonds is 4. The molecule has 0 aromatic rings. The molecule has 0 aromatic heterocycles. The summed E-state index contributed by atoms with van der Waals surface area (Å²) >= 11 is 0. The van der Waals surface area contributed by atoms with Crippen molar-refractivity contribution in [3.8, 4) is 0 Å². The zero-order valence-electron chi connectivity index (χ0n) is 9.81. The smallest absolute Gasteiger partial charge is 0.222 e. The minimum Gasteiger partial charge on any atom is -0.356 e. The number of nitrogens with one attached hydrogen (secondary N) is 1. The van der Waals surface area contributed by atoms with Crippen LogP contribution in [-0.4, -0.2) is 12.5 Å². The topological polar surface area (TPSA) is 29.1 Å². The Kier molecular flexibility index (Phi) is 13.2. The molecule has 0 spiro atoms. The first kappa shape index (κ1) is 15.0. The third-order valence-corrected chi connectivity index (χ3v) is 1.57. The first-order valence-corrected chi connectivity index (χ1v) is 5.37. The van der Waals surface area contributed by atoms with Crippen molar-refractivity contribution in [2.45, 2.75) is 53.9 Å². The lowest BCUT2D eigenvalue weighted by Gasteiger charge is -2.04. The number of hydrogen-bond donors (Lipinski definition) is 1. The second-order valence-corrected chi connectivity index (χ2v) is 3.45. The zero-order chi connectivity index (χ0) is 10.7. The van der Waals surface area contributed by atoms with E-state index in [0.29, 0.717) is 0 Å². The van der Waals surface area contributed by atoms with Crippen molar-refractivity contribution in [2.24, 2.45) is 5.92 Å². The quantitative estimate of drug-likeness (QED) is 0.720. The lowest BCUT2D eigenvalue weighted by Crippen LogP contribution is -2.28. The Balaban J connectivity index is 0. The van der Waals surface area contributed by atoms with Gasteiger partial charge < -0.3 is 5.32 Å². The van der Waals surface area contributed by atoms with Crippen molar-refractivity contribution in [1.82, 2.24) is 5.32 Å². The second-order valence-electron chi connectivity index (χ2n) is 3.45. The molecule has 0 rings (SSSR count). The van der Waals surface area contributed by atoms with Gasteiger partial charge in [0, 0.05) is 12.5 Å². The van der Waals surface area contributed by atoms with E-state index in [1.807, 2.05) is 20.8 Å². The maximum Gasteiger partial charge on any atom is 0.222 e. The molecular formula is C11H25NO. The predicted molar refractivity (Wildman–Crippen MR) is 58.7 cm³/mol. The van der Waals surface area contributed by atoms with Gasteiger partial charge in [-0.05, 0) is 6.42 Å². The second kappa shape index (κ2) is 11.5. The van der Waals surface area contributed by atoms with E-state index in [0.717, 1.165) is 13.0 Å². The summed E-state index contributed by atoms with van der Waals surface area (Å²) in [4.78, 5) is 10.8. The highest BCUT2D eigenvalue weighted by molar-refractivity contribution is 5.77. The van der Waals surface area contributed by atoms with Gasteiger partial charge >= 0.3 is 0 Å². The van der Waals surface area contributed by atoms with Gasteiger partial charge in [0.2, 0.25) is 5.91 Å². The van der Waals surface area contributed by atoms with Crippen molar-refractivity contribution >= 4 is 5.91 Å². The fourth-order valence-electron chi connectivity index (χ4n) is 0.452. The third-order valence-electron chi connectivity index (χ3n) is 1.57. The minimum atomic E-state index is 0.122. The first-order chi connectivity index (χ1) is 6.09. The molecule has 0 aliphatic heterocycles. The van der Waals surface area contributed by atoms with Gasteiger partial charge in [0.1, 0.15) is 0 Å². The summed E-state index contributed by atoms with van der Waals surface area (Å²) < 4.78 is 0. The lowest BCUT2D eigenvalue weighted by atomic mass is 10.2. The van der Waals surface area contributed by atoms with Crippen LogP contribution in [0.4, 0.5) is 0 Å². The number of amides is 1. The Morgan fingerprint density at radius 1 is 1.08 bits per heavy atom. The Hall–Kier alpha value is -0.530. The molecule has 0 heterocycles. The first-order valence-electron chi connectivity index (χ1n) is 5.37. The summed E-state index contributed by atoms with van der Waals surface area (Å²) in [6.45, 7) is 11.0. The third kappa shape index (κ3) is 14.3. The molecule has 0 aliphatic carbocycles. The normalized spacial score (nSPS) is 9.08. The maximum absolute atomic E-state index is 10.8. The van der Waals surface area contributed by atoms with E-state index in [4.69, 9.17) is 0 Å². The molecule has 80 valence electrons. The molecule has 1 N–H and O–H groups in total. The number of carbonyl (C=O) groups is 1. The largest absolute Gasteiger partial charge is 0.356 e. The Morgan fingerprint density at radius 3 is 1.77 bits per heavy atom. The zero-order valence-corrected chi connectivity index (χ0v) is 9.81. The van der Waals surface area contributed by atoms with E-state index in [1.54, 1.807) is 0 Å². The lowest BCUT2D eigenvalue weighted by molar-refractivity contribution is -0.123. The molecule has 0 unspecified atom stereocenters. The molecule has 0 atom stereocenters. The number of carbonyl (C=O) groups excluding carboxylic acids is 1. The highest BCUT2D eigenvalue weighted by Gasteiger charge is 2.03. The molecule has 1 amide bonds. The van der Waals surface area contributed by atoms with Crippen molar-refractivity contribution in [2.75, 3.05) is 6.54 Å². The van der Waals surface area contributed by atoms with Crippen molar-refractivity contribution in [1.29, 1.82) is 0 Å². The van der Waals surface area contributed by atoms with E-state index < -0.39 is 0 Å². The van der Waals surface area contributed by atoms with E-state index in [2.05, 4.69) is 19.2 Å². The fourth-order valence-corrected chi connectivity index (χ4v) is 0.452. The molecule has 0 aliphatic rings. The molecular weight excluding hydrogens is 162 g/mol. The summed E-state index contributed by atoms with van der Waals surface area (Å²) in [5, 5.41) is 2.79. The molecule has 2 nitrogen and oxygen atoms in total. The molecule has 13 heavy (non-hydrogen) atoms. The summed E-state index contributed by atoms with van der Waals surface area (Å²) in [6, 6.07) is 0. The van der Waals surface area contributed by atoms with Gasteiger partial charge in [-0.3, -0.25) is 4.79 Å². The monoisotopic (exact) mass is 187 g/mol. The molecule has 0 saturated carbocycles. The van der Waals surface area contributed by atoms with Crippen molar-refractivity contribution in [3.05, 3.63) is 0 Å².